The smallest absolute Gasteiger partial charge is 0.0595 e. The van der Waals surface area contributed by atoms with Crippen molar-refractivity contribution in [2.24, 2.45) is 0 Å². The largest absolute Gasteiger partial charge is 0.306 e. The molecule has 0 spiro atoms. The number of piperidine rings is 1. The van der Waals surface area contributed by atoms with Gasteiger partial charge in [0.05, 0.1) is 10.0 Å². The Labute approximate surface area is 137 Å². The lowest BCUT2D eigenvalue weighted by molar-refractivity contribution is 0.176. The Morgan fingerprint density at radius 1 is 1.19 bits per heavy atom. The number of rotatable bonds is 4. The van der Waals surface area contributed by atoms with Crippen molar-refractivity contribution in [3.05, 3.63) is 33.8 Å². The average Bonchev–Trinajstić information content (AvgIpc) is 2.91. The van der Waals surface area contributed by atoms with Crippen molar-refractivity contribution in [3.63, 3.8) is 0 Å². The molecule has 0 bridgehead atoms. The highest BCUT2D eigenvalue weighted by Crippen LogP contribution is 2.31. The summed E-state index contributed by atoms with van der Waals surface area (Å²) in [5, 5.41) is 5.17. The molecule has 2 aliphatic heterocycles. The zero-order valence-electron chi connectivity index (χ0n) is 12.6. The van der Waals surface area contributed by atoms with Gasteiger partial charge < -0.3 is 5.32 Å². The Kier molecular flexibility index (Phi) is 5.11. The minimum Gasteiger partial charge on any atom is -0.306 e. The van der Waals surface area contributed by atoms with Crippen LogP contribution in [0.5, 0.6) is 0 Å². The zero-order chi connectivity index (χ0) is 14.8. The van der Waals surface area contributed by atoms with E-state index in [1.807, 2.05) is 12.1 Å². The van der Waals surface area contributed by atoms with Crippen LogP contribution < -0.4 is 5.32 Å². The van der Waals surface area contributed by atoms with Crippen LogP contribution in [0.4, 0.5) is 0 Å². The molecule has 3 unspecified atom stereocenters. The first kappa shape index (κ1) is 15.6. The second-order valence-electron chi connectivity index (χ2n) is 6.30. The summed E-state index contributed by atoms with van der Waals surface area (Å²) in [5.74, 6) is 0. The van der Waals surface area contributed by atoms with Crippen molar-refractivity contribution in [3.8, 4) is 0 Å². The van der Waals surface area contributed by atoms with Crippen molar-refractivity contribution in [2.75, 3.05) is 13.1 Å². The van der Waals surface area contributed by atoms with Crippen LogP contribution in [-0.2, 0) is 0 Å². The Hall–Kier alpha value is -0.280. The zero-order valence-corrected chi connectivity index (χ0v) is 14.1. The standard InChI is InChI=1S/C17H24Cl2N2/c1-2-15(12-6-7-13(18)14(19)11-12)20-16-8-10-21-9-4-3-5-17(16)21/h6-7,11,15-17,20H,2-5,8-10H2,1H3. The lowest BCUT2D eigenvalue weighted by atomic mass is 9.96. The van der Waals surface area contributed by atoms with Crippen LogP contribution in [0, 0.1) is 0 Å². The first-order chi connectivity index (χ1) is 10.2. The van der Waals surface area contributed by atoms with Crippen LogP contribution in [-0.4, -0.2) is 30.1 Å². The van der Waals surface area contributed by atoms with E-state index in [-0.39, 0.29) is 0 Å². The van der Waals surface area contributed by atoms with Gasteiger partial charge >= 0.3 is 0 Å². The van der Waals surface area contributed by atoms with Gasteiger partial charge in [0, 0.05) is 24.7 Å². The van der Waals surface area contributed by atoms with Gasteiger partial charge in [0.25, 0.3) is 0 Å². The molecule has 2 heterocycles. The third kappa shape index (κ3) is 3.39. The molecule has 1 N–H and O–H groups in total. The molecule has 3 rings (SSSR count). The molecular weight excluding hydrogens is 303 g/mol. The van der Waals surface area contributed by atoms with Gasteiger partial charge in [-0.3, -0.25) is 4.90 Å². The third-order valence-corrected chi connectivity index (χ3v) is 5.76. The predicted octanol–water partition coefficient (Wildman–Crippen LogP) is 4.66. The molecule has 1 aromatic carbocycles. The first-order valence-electron chi connectivity index (χ1n) is 8.14. The van der Waals surface area contributed by atoms with E-state index in [0.717, 1.165) is 12.5 Å². The molecule has 0 radical (unpaired) electrons. The predicted molar refractivity (Wildman–Crippen MR) is 90.2 cm³/mol. The van der Waals surface area contributed by atoms with Gasteiger partial charge in [-0.1, -0.05) is 42.6 Å². The molecular formula is C17H24Cl2N2. The Bertz CT molecular complexity index is 492. The fourth-order valence-corrected chi connectivity index (χ4v) is 4.19. The Balaban J connectivity index is 1.70. The Morgan fingerprint density at radius 2 is 2.05 bits per heavy atom. The van der Waals surface area contributed by atoms with E-state index in [1.165, 1.54) is 44.3 Å². The van der Waals surface area contributed by atoms with Crippen LogP contribution in [0.1, 0.15) is 50.6 Å². The summed E-state index contributed by atoms with van der Waals surface area (Å²) >= 11 is 12.2. The molecule has 0 saturated carbocycles. The van der Waals surface area contributed by atoms with E-state index in [9.17, 15) is 0 Å². The maximum atomic E-state index is 6.17. The summed E-state index contributed by atoms with van der Waals surface area (Å²) in [6.07, 6.45) is 6.43. The van der Waals surface area contributed by atoms with Crippen molar-refractivity contribution < 1.29 is 0 Å². The van der Waals surface area contributed by atoms with E-state index in [1.54, 1.807) is 0 Å². The van der Waals surface area contributed by atoms with E-state index >= 15 is 0 Å². The summed E-state index contributed by atoms with van der Waals surface area (Å²) < 4.78 is 0. The molecule has 0 aromatic heterocycles. The molecule has 3 atom stereocenters. The van der Waals surface area contributed by atoms with Crippen LogP contribution in [0.2, 0.25) is 10.0 Å². The lowest BCUT2D eigenvalue weighted by Crippen LogP contribution is -2.45. The highest BCUT2D eigenvalue weighted by atomic mass is 35.5. The molecule has 2 nitrogen and oxygen atoms in total. The molecule has 21 heavy (non-hydrogen) atoms. The highest BCUT2D eigenvalue weighted by molar-refractivity contribution is 6.42. The summed E-state index contributed by atoms with van der Waals surface area (Å²) in [6, 6.07) is 7.74. The molecule has 116 valence electrons. The molecule has 1 aromatic rings. The third-order valence-electron chi connectivity index (χ3n) is 5.03. The van der Waals surface area contributed by atoms with Gasteiger partial charge in [-0.2, -0.15) is 0 Å². The summed E-state index contributed by atoms with van der Waals surface area (Å²) in [6.45, 7) is 4.76. The molecule has 4 heteroatoms. The molecule has 2 saturated heterocycles. The Morgan fingerprint density at radius 3 is 2.81 bits per heavy atom. The first-order valence-corrected chi connectivity index (χ1v) is 8.89. The minimum atomic E-state index is 0.367. The quantitative estimate of drug-likeness (QED) is 0.865. The van der Waals surface area contributed by atoms with E-state index in [4.69, 9.17) is 23.2 Å². The number of hydrogen-bond donors (Lipinski definition) is 1. The fraction of sp³-hybridized carbons (Fsp3) is 0.647. The number of nitrogens with one attached hydrogen (secondary N) is 1. The van der Waals surface area contributed by atoms with Crippen molar-refractivity contribution >= 4 is 23.2 Å². The van der Waals surface area contributed by atoms with Gasteiger partial charge in [-0.05, 0) is 49.9 Å². The van der Waals surface area contributed by atoms with E-state index in [2.05, 4.69) is 23.2 Å². The minimum absolute atomic E-state index is 0.367. The maximum absolute atomic E-state index is 6.17. The van der Waals surface area contributed by atoms with Crippen LogP contribution in [0.25, 0.3) is 0 Å². The van der Waals surface area contributed by atoms with E-state index < -0.39 is 0 Å². The molecule has 2 fully saturated rings. The number of hydrogen-bond acceptors (Lipinski definition) is 2. The monoisotopic (exact) mass is 326 g/mol. The molecule has 0 aliphatic carbocycles. The maximum Gasteiger partial charge on any atom is 0.0595 e. The summed E-state index contributed by atoms with van der Waals surface area (Å²) in [7, 11) is 0. The van der Waals surface area contributed by atoms with Gasteiger partial charge in [-0.25, -0.2) is 0 Å². The second kappa shape index (κ2) is 6.87. The number of fused-ring (bicyclic) bond motifs is 1. The topological polar surface area (TPSA) is 15.3 Å². The summed E-state index contributed by atoms with van der Waals surface area (Å²) in [4.78, 5) is 2.67. The van der Waals surface area contributed by atoms with Crippen molar-refractivity contribution in [2.45, 2.75) is 57.2 Å². The number of benzene rings is 1. The normalized spacial score (nSPS) is 27.6. The SMILES string of the molecule is CCC(NC1CCN2CCCCC12)c1ccc(Cl)c(Cl)c1. The van der Waals surface area contributed by atoms with Crippen LogP contribution >= 0.6 is 23.2 Å². The average molecular weight is 327 g/mol. The van der Waals surface area contributed by atoms with Gasteiger partial charge in [0.15, 0.2) is 0 Å². The molecule has 0 amide bonds. The van der Waals surface area contributed by atoms with Gasteiger partial charge in [-0.15, -0.1) is 0 Å². The van der Waals surface area contributed by atoms with Gasteiger partial charge in [0.2, 0.25) is 0 Å². The molecule has 2 aliphatic rings. The van der Waals surface area contributed by atoms with E-state index in [0.29, 0.717) is 22.1 Å². The lowest BCUT2D eigenvalue weighted by Gasteiger charge is -2.34. The number of nitrogens with zero attached hydrogens (tertiary/aromatic N) is 1. The van der Waals surface area contributed by atoms with Crippen LogP contribution in [0.3, 0.4) is 0 Å². The highest BCUT2D eigenvalue weighted by Gasteiger charge is 2.36. The van der Waals surface area contributed by atoms with Crippen molar-refractivity contribution in [1.82, 2.24) is 10.2 Å². The van der Waals surface area contributed by atoms with Gasteiger partial charge in [0.1, 0.15) is 0 Å². The van der Waals surface area contributed by atoms with Crippen molar-refractivity contribution in [1.29, 1.82) is 0 Å². The second-order valence-corrected chi connectivity index (χ2v) is 7.11. The van der Waals surface area contributed by atoms with Crippen LogP contribution in [0.15, 0.2) is 18.2 Å². The summed E-state index contributed by atoms with van der Waals surface area (Å²) in [5.41, 5.74) is 1.25. The fourth-order valence-electron chi connectivity index (χ4n) is 3.88. The number of halogens is 2.